The fourth-order valence-electron chi connectivity index (χ4n) is 4.23. The fraction of sp³-hybridized carbons (Fsp3) is 0.231. The number of benzene rings is 2. The molecule has 0 unspecified atom stereocenters. The number of para-hydroxylation sites is 1. The van der Waals surface area contributed by atoms with Crippen LogP contribution < -0.4 is 27.0 Å². The molecule has 4 aromatic rings. The Labute approximate surface area is 200 Å². The maximum atomic E-state index is 13.7. The molecule has 2 aromatic heterocycles. The van der Waals surface area contributed by atoms with Gasteiger partial charge in [-0.3, -0.25) is 23.5 Å². The Morgan fingerprint density at radius 1 is 1.00 bits per heavy atom. The van der Waals surface area contributed by atoms with Gasteiger partial charge in [-0.1, -0.05) is 18.2 Å². The van der Waals surface area contributed by atoms with Crippen LogP contribution in [0.2, 0.25) is 0 Å². The zero-order valence-electron chi connectivity index (χ0n) is 19.7. The van der Waals surface area contributed by atoms with E-state index in [0.717, 1.165) is 12.8 Å². The van der Waals surface area contributed by atoms with Crippen LogP contribution in [-0.4, -0.2) is 26.7 Å². The molecule has 9 heteroatoms. The normalized spacial score (nSPS) is 13.1. The fourth-order valence-corrected chi connectivity index (χ4v) is 4.23. The van der Waals surface area contributed by atoms with E-state index >= 15 is 0 Å². The minimum Gasteiger partial charge on any atom is -0.355 e. The molecular formula is C26H25N5O4. The predicted molar refractivity (Wildman–Crippen MR) is 136 cm³/mol. The number of pyridine rings is 1. The second kappa shape index (κ2) is 8.43. The van der Waals surface area contributed by atoms with Crippen molar-refractivity contribution in [2.75, 3.05) is 17.3 Å². The smallest absolute Gasteiger partial charge is 0.337 e. The zero-order chi connectivity index (χ0) is 24.9. The summed E-state index contributed by atoms with van der Waals surface area (Å²) in [7, 11) is 3.24. The highest BCUT2D eigenvalue weighted by Crippen LogP contribution is 2.33. The van der Waals surface area contributed by atoms with Gasteiger partial charge in [0, 0.05) is 44.5 Å². The third-order valence-corrected chi connectivity index (χ3v) is 6.38. The zero-order valence-corrected chi connectivity index (χ0v) is 19.7. The molecule has 1 amide bonds. The van der Waals surface area contributed by atoms with E-state index in [2.05, 4.69) is 5.32 Å². The molecule has 5 rings (SSSR count). The van der Waals surface area contributed by atoms with Crippen LogP contribution in [0.4, 0.5) is 17.1 Å². The summed E-state index contributed by atoms with van der Waals surface area (Å²) in [5.74, 6) is -0.0947. The summed E-state index contributed by atoms with van der Waals surface area (Å²) in [6.45, 7) is 1.48. The van der Waals surface area contributed by atoms with E-state index in [1.807, 2.05) is 6.07 Å². The highest BCUT2D eigenvalue weighted by atomic mass is 16.2. The minimum atomic E-state index is -0.458. The number of carbonyl (C=O) groups excluding carboxylic acids is 1. The molecule has 1 fully saturated rings. The third-order valence-electron chi connectivity index (χ3n) is 6.38. The molecule has 178 valence electrons. The molecule has 0 saturated heterocycles. The molecule has 9 nitrogen and oxygen atoms in total. The lowest BCUT2D eigenvalue weighted by molar-refractivity contribution is -0.116. The SMILES string of the molecule is CC(=O)N(C)c1ccc(Nc2cc(=O)n(C)c3c2c(=O)n(C2CC2)c(=O)n3-c2ccccc2)cc1. The lowest BCUT2D eigenvalue weighted by Gasteiger charge is -2.19. The lowest BCUT2D eigenvalue weighted by Crippen LogP contribution is -2.41. The first kappa shape index (κ1) is 22.4. The molecule has 1 aliphatic rings. The number of amides is 1. The van der Waals surface area contributed by atoms with Crippen LogP contribution in [0.25, 0.3) is 16.7 Å². The van der Waals surface area contributed by atoms with Crippen LogP contribution in [0.15, 0.2) is 75.0 Å². The van der Waals surface area contributed by atoms with Crippen LogP contribution in [0.1, 0.15) is 25.8 Å². The molecule has 2 heterocycles. The van der Waals surface area contributed by atoms with E-state index in [4.69, 9.17) is 0 Å². The van der Waals surface area contributed by atoms with Gasteiger partial charge in [0.25, 0.3) is 11.1 Å². The van der Waals surface area contributed by atoms with Gasteiger partial charge in [-0.15, -0.1) is 0 Å². The summed E-state index contributed by atoms with van der Waals surface area (Å²) < 4.78 is 4.07. The van der Waals surface area contributed by atoms with Gasteiger partial charge in [0.2, 0.25) is 5.91 Å². The molecular weight excluding hydrogens is 446 g/mol. The van der Waals surface area contributed by atoms with Crippen molar-refractivity contribution in [2.24, 2.45) is 7.05 Å². The Morgan fingerprint density at radius 3 is 2.26 bits per heavy atom. The Bertz CT molecular complexity index is 1630. The number of nitrogens with one attached hydrogen (secondary N) is 1. The van der Waals surface area contributed by atoms with Crippen molar-refractivity contribution in [3.63, 3.8) is 0 Å². The van der Waals surface area contributed by atoms with Crippen LogP contribution >= 0.6 is 0 Å². The van der Waals surface area contributed by atoms with Gasteiger partial charge in [0.1, 0.15) is 11.0 Å². The Hall–Kier alpha value is -4.40. The largest absolute Gasteiger partial charge is 0.355 e. The first-order valence-corrected chi connectivity index (χ1v) is 11.4. The molecule has 1 saturated carbocycles. The van der Waals surface area contributed by atoms with Crippen molar-refractivity contribution in [2.45, 2.75) is 25.8 Å². The van der Waals surface area contributed by atoms with E-state index < -0.39 is 11.2 Å². The van der Waals surface area contributed by atoms with Crippen LogP contribution in [0.3, 0.4) is 0 Å². The van der Waals surface area contributed by atoms with E-state index in [-0.39, 0.29) is 28.5 Å². The highest BCUT2D eigenvalue weighted by molar-refractivity contribution is 5.93. The number of carbonyl (C=O) groups is 1. The number of nitrogens with zero attached hydrogens (tertiary/aromatic N) is 4. The van der Waals surface area contributed by atoms with Gasteiger partial charge in [0.05, 0.1) is 11.4 Å². The van der Waals surface area contributed by atoms with Gasteiger partial charge < -0.3 is 10.2 Å². The second-order valence-electron chi connectivity index (χ2n) is 8.76. The number of hydrogen-bond acceptors (Lipinski definition) is 5. The molecule has 35 heavy (non-hydrogen) atoms. The average Bonchev–Trinajstić information content (AvgIpc) is 3.68. The highest BCUT2D eigenvalue weighted by Gasteiger charge is 2.30. The van der Waals surface area contributed by atoms with Crippen LogP contribution in [-0.2, 0) is 11.8 Å². The lowest BCUT2D eigenvalue weighted by atomic mass is 10.2. The van der Waals surface area contributed by atoms with Crippen molar-refractivity contribution < 1.29 is 4.79 Å². The van der Waals surface area contributed by atoms with E-state index in [1.165, 1.54) is 31.6 Å². The molecule has 0 aliphatic heterocycles. The van der Waals surface area contributed by atoms with Crippen molar-refractivity contribution in [1.29, 1.82) is 0 Å². The molecule has 1 aliphatic carbocycles. The Morgan fingerprint density at radius 2 is 1.66 bits per heavy atom. The second-order valence-corrected chi connectivity index (χ2v) is 8.76. The van der Waals surface area contributed by atoms with E-state index in [1.54, 1.807) is 62.6 Å². The number of hydrogen-bond donors (Lipinski definition) is 1. The number of aromatic nitrogens is 3. The number of rotatable bonds is 5. The van der Waals surface area contributed by atoms with Gasteiger partial charge in [-0.05, 0) is 49.2 Å². The van der Waals surface area contributed by atoms with E-state index in [0.29, 0.717) is 22.7 Å². The van der Waals surface area contributed by atoms with Gasteiger partial charge in [0.15, 0.2) is 0 Å². The first-order valence-electron chi connectivity index (χ1n) is 11.4. The van der Waals surface area contributed by atoms with Crippen molar-refractivity contribution >= 4 is 34.0 Å². The summed E-state index contributed by atoms with van der Waals surface area (Å²) in [4.78, 5) is 53.3. The molecule has 0 bridgehead atoms. The predicted octanol–water partition coefficient (Wildman–Crippen LogP) is 2.91. The van der Waals surface area contributed by atoms with Crippen molar-refractivity contribution in [1.82, 2.24) is 13.7 Å². The molecule has 0 atom stereocenters. The van der Waals surface area contributed by atoms with Gasteiger partial charge >= 0.3 is 5.69 Å². The van der Waals surface area contributed by atoms with Crippen LogP contribution in [0, 0.1) is 0 Å². The van der Waals surface area contributed by atoms with Crippen molar-refractivity contribution in [3.8, 4) is 5.69 Å². The summed E-state index contributed by atoms with van der Waals surface area (Å²) in [5, 5.41) is 3.45. The summed E-state index contributed by atoms with van der Waals surface area (Å²) in [6, 6.07) is 17.3. The standard InChI is InChI=1S/C26H25N5O4/c1-16(32)28(2)18-11-9-17(10-12-18)27-21-15-22(33)29(3)24-23(21)25(34)31(20-13-14-20)26(35)30(24)19-7-5-4-6-8-19/h4-12,15,20,27H,13-14H2,1-3H3. The average molecular weight is 472 g/mol. The van der Waals surface area contributed by atoms with Gasteiger partial charge in [-0.2, -0.15) is 0 Å². The maximum Gasteiger partial charge on any atom is 0.337 e. The number of fused-ring (bicyclic) bond motifs is 1. The quantitative estimate of drug-likeness (QED) is 0.483. The topological polar surface area (TPSA) is 98.3 Å². The van der Waals surface area contributed by atoms with Crippen molar-refractivity contribution in [3.05, 3.63) is 91.9 Å². The van der Waals surface area contributed by atoms with Gasteiger partial charge in [-0.25, -0.2) is 9.36 Å². The number of anilines is 3. The Balaban J connectivity index is 1.76. The molecule has 0 radical (unpaired) electrons. The summed E-state index contributed by atoms with van der Waals surface area (Å²) >= 11 is 0. The van der Waals surface area contributed by atoms with E-state index in [9.17, 15) is 19.2 Å². The summed E-state index contributed by atoms with van der Waals surface area (Å²) in [6.07, 6.45) is 1.52. The molecule has 1 N–H and O–H groups in total. The number of aryl methyl sites for hydroxylation is 1. The minimum absolute atomic E-state index is 0.0947. The molecule has 0 spiro atoms. The molecule has 2 aromatic carbocycles. The van der Waals surface area contributed by atoms with Crippen LogP contribution in [0.5, 0.6) is 0 Å². The third kappa shape index (κ3) is 3.84. The maximum absolute atomic E-state index is 13.7. The first-order chi connectivity index (χ1) is 16.8. The Kier molecular flexibility index (Phi) is 5.39. The summed E-state index contributed by atoms with van der Waals surface area (Å²) in [5.41, 5.74) is 1.22. The monoisotopic (exact) mass is 471 g/mol.